The van der Waals surface area contributed by atoms with Gasteiger partial charge in [-0.25, -0.2) is 0 Å². The average Bonchev–Trinajstić information content (AvgIpc) is 3.07. The van der Waals surface area contributed by atoms with Crippen molar-refractivity contribution in [3.05, 3.63) is 34.9 Å². The SMILES string of the molecule is CCn1cc(CNC(=O)C(C)Cn2nc(C(F)(F)F)cc2C)c(C)n1. The van der Waals surface area contributed by atoms with E-state index in [1.54, 1.807) is 11.6 Å². The normalized spacial score (nSPS) is 13.1. The summed E-state index contributed by atoms with van der Waals surface area (Å²) in [5, 5.41) is 10.6. The second-order valence-corrected chi connectivity index (χ2v) is 6.07. The van der Waals surface area contributed by atoms with Gasteiger partial charge in [-0.15, -0.1) is 0 Å². The Morgan fingerprint density at radius 2 is 2.00 bits per heavy atom. The van der Waals surface area contributed by atoms with E-state index in [9.17, 15) is 18.0 Å². The fourth-order valence-electron chi connectivity index (χ4n) is 2.43. The largest absolute Gasteiger partial charge is 0.435 e. The van der Waals surface area contributed by atoms with E-state index in [4.69, 9.17) is 0 Å². The fourth-order valence-corrected chi connectivity index (χ4v) is 2.43. The lowest BCUT2D eigenvalue weighted by molar-refractivity contribution is -0.141. The molecule has 2 rings (SSSR count). The smallest absolute Gasteiger partial charge is 0.352 e. The van der Waals surface area contributed by atoms with E-state index in [-0.39, 0.29) is 12.5 Å². The molecule has 25 heavy (non-hydrogen) atoms. The standard InChI is InChI=1S/C16H22F3N5O/c1-5-23-9-13(12(4)21-23)7-20-15(25)10(2)8-24-11(3)6-14(22-24)16(17,18)19/h6,9-10H,5,7-8H2,1-4H3,(H,20,25). The number of nitrogens with one attached hydrogen (secondary N) is 1. The van der Waals surface area contributed by atoms with Crippen LogP contribution in [0.1, 0.15) is 36.5 Å². The average molecular weight is 357 g/mol. The van der Waals surface area contributed by atoms with E-state index in [2.05, 4.69) is 15.5 Å². The molecule has 0 aliphatic heterocycles. The third-order valence-corrected chi connectivity index (χ3v) is 3.99. The van der Waals surface area contributed by atoms with Crippen molar-refractivity contribution in [3.8, 4) is 0 Å². The molecule has 9 heteroatoms. The van der Waals surface area contributed by atoms with Crippen LogP contribution in [-0.4, -0.2) is 25.5 Å². The summed E-state index contributed by atoms with van der Waals surface area (Å²) in [5.74, 6) is -0.756. The summed E-state index contributed by atoms with van der Waals surface area (Å²) in [5.41, 5.74) is 1.18. The van der Waals surface area contributed by atoms with Gasteiger partial charge in [-0.05, 0) is 26.8 Å². The van der Waals surface area contributed by atoms with Crippen molar-refractivity contribution in [2.75, 3.05) is 0 Å². The molecule has 1 atom stereocenters. The van der Waals surface area contributed by atoms with E-state index in [1.807, 2.05) is 20.0 Å². The van der Waals surface area contributed by atoms with Gasteiger partial charge in [0, 0.05) is 30.5 Å². The van der Waals surface area contributed by atoms with Gasteiger partial charge in [0.05, 0.1) is 18.2 Å². The quantitative estimate of drug-likeness (QED) is 0.864. The number of hydrogen-bond acceptors (Lipinski definition) is 3. The van der Waals surface area contributed by atoms with E-state index in [0.717, 1.165) is 23.9 Å². The first-order valence-electron chi connectivity index (χ1n) is 8.04. The molecule has 0 saturated carbocycles. The lowest BCUT2D eigenvalue weighted by Crippen LogP contribution is -2.31. The van der Waals surface area contributed by atoms with Crippen LogP contribution in [0, 0.1) is 19.8 Å². The topological polar surface area (TPSA) is 64.7 Å². The molecule has 0 aliphatic rings. The first-order chi connectivity index (χ1) is 11.6. The third kappa shape index (κ3) is 4.61. The highest BCUT2D eigenvalue weighted by Gasteiger charge is 2.34. The zero-order valence-electron chi connectivity index (χ0n) is 14.7. The van der Waals surface area contributed by atoms with Gasteiger partial charge in [0.15, 0.2) is 5.69 Å². The van der Waals surface area contributed by atoms with Gasteiger partial charge in [0.25, 0.3) is 0 Å². The number of carbonyl (C=O) groups is 1. The van der Waals surface area contributed by atoms with Crippen LogP contribution in [0.5, 0.6) is 0 Å². The Balaban J connectivity index is 1.96. The summed E-state index contributed by atoms with van der Waals surface area (Å²) >= 11 is 0. The molecule has 0 radical (unpaired) electrons. The van der Waals surface area contributed by atoms with Crippen LogP contribution in [0.2, 0.25) is 0 Å². The van der Waals surface area contributed by atoms with Gasteiger partial charge in [-0.1, -0.05) is 6.92 Å². The highest BCUT2D eigenvalue weighted by atomic mass is 19.4. The Morgan fingerprint density at radius 1 is 1.32 bits per heavy atom. The van der Waals surface area contributed by atoms with Gasteiger partial charge >= 0.3 is 6.18 Å². The van der Waals surface area contributed by atoms with E-state index in [1.165, 1.54) is 11.6 Å². The molecule has 6 nitrogen and oxygen atoms in total. The molecule has 2 aromatic heterocycles. The number of nitrogens with zero attached hydrogens (tertiary/aromatic N) is 4. The molecule has 138 valence electrons. The number of aryl methyl sites for hydroxylation is 3. The van der Waals surface area contributed by atoms with Crippen LogP contribution in [0.25, 0.3) is 0 Å². The third-order valence-electron chi connectivity index (χ3n) is 3.99. The number of amides is 1. The van der Waals surface area contributed by atoms with Crippen LogP contribution in [0.3, 0.4) is 0 Å². The summed E-state index contributed by atoms with van der Waals surface area (Å²) < 4.78 is 41.1. The first-order valence-corrected chi connectivity index (χ1v) is 8.04. The summed E-state index contributed by atoms with van der Waals surface area (Å²) in [6.45, 7) is 8.19. The van der Waals surface area contributed by atoms with Gasteiger partial charge < -0.3 is 5.32 Å². The van der Waals surface area contributed by atoms with E-state index < -0.39 is 17.8 Å². The molecule has 0 aromatic carbocycles. The monoisotopic (exact) mass is 357 g/mol. The molecule has 0 bridgehead atoms. The molecule has 1 amide bonds. The zero-order valence-corrected chi connectivity index (χ0v) is 14.7. The van der Waals surface area contributed by atoms with Crippen molar-refractivity contribution < 1.29 is 18.0 Å². The number of hydrogen-bond donors (Lipinski definition) is 1. The molecule has 0 aliphatic carbocycles. The summed E-state index contributed by atoms with van der Waals surface area (Å²) in [7, 11) is 0. The summed E-state index contributed by atoms with van der Waals surface area (Å²) in [6.07, 6.45) is -2.62. The molecule has 2 aromatic rings. The number of halogens is 3. The molecule has 0 fully saturated rings. The predicted molar refractivity (Wildman–Crippen MR) is 85.6 cm³/mol. The molecule has 1 unspecified atom stereocenters. The Labute approximate surface area is 144 Å². The number of rotatable bonds is 6. The maximum atomic E-state index is 12.7. The minimum absolute atomic E-state index is 0.0843. The van der Waals surface area contributed by atoms with Crippen LogP contribution >= 0.6 is 0 Å². The summed E-state index contributed by atoms with van der Waals surface area (Å²) in [4.78, 5) is 12.2. The predicted octanol–water partition coefficient (Wildman–Crippen LogP) is 2.69. The highest BCUT2D eigenvalue weighted by Crippen LogP contribution is 2.28. The minimum atomic E-state index is -4.49. The van der Waals surface area contributed by atoms with Gasteiger partial charge in [0.1, 0.15) is 0 Å². The van der Waals surface area contributed by atoms with Crippen molar-refractivity contribution in [1.82, 2.24) is 24.9 Å². The number of carbonyl (C=O) groups excluding carboxylic acids is 1. The van der Waals surface area contributed by atoms with Gasteiger partial charge in [0.2, 0.25) is 5.91 Å². The molecule has 0 spiro atoms. The molecule has 2 heterocycles. The van der Waals surface area contributed by atoms with Gasteiger partial charge in [-0.3, -0.25) is 14.2 Å². The van der Waals surface area contributed by atoms with Crippen molar-refractivity contribution in [3.63, 3.8) is 0 Å². The Kier molecular flexibility index (Phi) is 5.54. The van der Waals surface area contributed by atoms with E-state index >= 15 is 0 Å². The Morgan fingerprint density at radius 3 is 2.52 bits per heavy atom. The second kappa shape index (κ2) is 7.28. The second-order valence-electron chi connectivity index (χ2n) is 6.07. The number of aromatic nitrogens is 4. The molecule has 0 saturated heterocycles. The van der Waals surface area contributed by atoms with Crippen molar-refractivity contribution in [2.45, 2.75) is 53.5 Å². The number of alkyl halides is 3. The fraction of sp³-hybridized carbons (Fsp3) is 0.562. The lowest BCUT2D eigenvalue weighted by atomic mass is 10.1. The van der Waals surface area contributed by atoms with E-state index in [0.29, 0.717) is 12.2 Å². The van der Waals surface area contributed by atoms with Crippen molar-refractivity contribution in [2.24, 2.45) is 5.92 Å². The van der Waals surface area contributed by atoms with Crippen LogP contribution in [0.4, 0.5) is 13.2 Å². The Hall–Kier alpha value is -2.32. The lowest BCUT2D eigenvalue weighted by Gasteiger charge is -2.13. The minimum Gasteiger partial charge on any atom is -0.352 e. The molecular weight excluding hydrogens is 335 g/mol. The maximum Gasteiger partial charge on any atom is 0.435 e. The zero-order chi connectivity index (χ0) is 18.8. The maximum absolute atomic E-state index is 12.7. The van der Waals surface area contributed by atoms with Gasteiger partial charge in [-0.2, -0.15) is 23.4 Å². The van der Waals surface area contributed by atoms with Crippen LogP contribution in [0.15, 0.2) is 12.3 Å². The van der Waals surface area contributed by atoms with Crippen LogP contribution in [-0.2, 0) is 30.6 Å². The molecular formula is C16H22F3N5O. The summed E-state index contributed by atoms with van der Waals surface area (Å²) in [6, 6.07) is 0.979. The highest BCUT2D eigenvalue weighted by molar-refractivity contribution is 5.78. The van der Waals surface area contributed by atoms with Crippen molar-refractivity contribution >= 4 is 5.91 Å². The van der Waals surface area contributed by atoms with Crippen LogP contribution < -0.4 is 5.32 Å². The molecule has 1 N–H and O–H groups in total. The Bertz CT molecular complexity index is 748. The van der Waals surface area contributed by atoms with Crippen molar-refractivity contribution in [1.29, 1.82) is 0 Å². The first kappa shape index (κ1) is 19.0.